The van der Waals surface area contributed by atoms with Crippen LogP contribution >= 0.6 is 0 Å². The molecule has 1 heterocycles. The van der Waals surface area contributed by atoms with Crippen molar-refractivity contribution in [3.05, 3.63) is 23.8 Å². The summed E-state index contributed by atoms with van der Waals surface area (Å²) in [6.45, 7) is 2.35. The molecule has 0 spiro atoms. The van der Waals surface area contributed by atoms with Gasteiger partial charge in [-0.05, 0) is 30.7 Å². The van der Waals surface area contributed by atoms with Crippen LogP contribution in [-0.2, 0) is 0 Å². The number of benzene rings is 1. The Hall–Kier alpha value is -1.22. The molecule has 1 saturated carbocycles. The molecule has 3 rings (SSSR count). The molecule has 1 aromatic carbocycles. The highest BCUT2D eigenvalue weighted by Crippen LogP contribution is 2.41. The average molecular weight is 275 g/mol. The number of ether oxygens (including phenoxy) is 2. The first kappa shape index (κ1) is 13.7. The predicted molar refractivity (Wildman–Crippen MR) is 80.1 cm³/mol. The van der Waals surface area contributed by atoms with Gasteiger partial charge in [-0.1, -0.05) is 25.8 Å². The van der Waals surface area contributed by atoms with Crippen LogP contribution in [0.1, 0.15) is 50.6 Å². The maximum Gasteiger partial charge on any atom is 0.128 e. The van der Waals surface area contributed by atoms with E-state index in [9.17, 15) is 0 Å². The lowest BCUT2D eigenvalue weighted by Gasteiger charge is -2.38. The van der Waals surface area contributed by atoms with Gasteiger partial charge in [0.25, 0.3) is 0 Å². The monoisotopic (exact) mass is 275 g/mol. The van der Waals surface area contributed by atoms with Crippen LogP contribution in [0, 0.1) is 11.8 Å². The van der Waals surface area contributed by atoms with Gasteiger partial charge >= 0.3 is 0 Å². The Morgan fingerprint density at radius 2 is 2.10 bits per heavy atom. The van der Waals surface area contributed by atoms with E-state index in [0.29, 0.717) is 5.92 Å². The quantitative estimate of drug-likeness (QED) is 0.895. The molecule has 1 aliphatic heterocycles. The van der Waals surface area contributed by atoms with Gasteiger partial charge in [-0.3, -0.25) is 0 Å². The molecule has 0 amide bonds. The molecule has 0 radical (unpaired) electrons. The summed E-state index contributed by atoms with van der Waals surface area (Å²) in [4.78, 5) is 0. The fraction of sp³-hybridized carbons (Fsp3) is 0.647. The van der Waals surface area contributed by atoms with Gasteiger partial charge in [-0.2, -0.15) is 0 Å². The summed E-state index contributed by atoms with van der Waals surface area (Å²) < 4.78 is 11.6. The summed E-state index contributed by atoms with van der Waals surface area (Å²) in [6.07, 6.45) is 6.45. The lowest BCUT2D eigenvalue weighted by atomic mass is 9.77. The summed E-state index contributed by atoms with van der Waals surface area (Å²) in [5.41, 5.74) is 7.47. The van der Waals surface area contributed by atoms with Crippen molar-refractivity contribution in [1.82, 2.24) is 0 Å². The molecule has 4 atom stereocenters. The van der Waals surface area contributed by atoms with Gasteiger partial charge in [0.15, 0.2) is 0 Å². The first-order chi connectivity index (χ1) is 9.67. The molecule has 20 heavy (non-hydrogen) atoms. The fourth-order valence-corrected chi connectivity index (χ4v) is 3.75. The van der Waals surface area contributed by atoms with Crippen molar-refractivity contribution in [2.24, 2.45) is 17.6 Å². The number of hydrogen-bond donors (Lipinski definition) is 1. The van der Waals surface area contributed by atoms with Crippen LogP contribution in [0.15, 0.2) is 18.2 Å². The van der Waals surface area contributed by atoms with Crippen LogP contribution in [0.5, 0.6) is 11.5 Å². The minimum atomic E-state index is 0.0897. The molecule has 1 aromatic rings. The van der Waals surface area contributed by atoms with Crippen LogP contribution < -0.4 is 15.2 Å². The van der Waals surface area contributed by atoms with Crippen LogP contribution in [-0.4, -0.2) is 13.2 Å². The van der Waals surface area contributed by atoms with E-state index in [0.717, 1.165) is 29.4 Å². The molecule has 3 unspecified atom stereocenters. The summed E-state index contributed by atoms with van der Waals surface area (Å²) >= 11 is 0. The highest BCUT2D eigenvalue weighted by atomic mass is 16.5. The SMILES string of the molecule is COc1ccc2c(c1)OC(C1CCCC(C)C1)C[C@@H]2N. The van der Waals surface area contributed by atoms with E-state index in [-0.39, 0.29) is 12.1 Å². The van der Waals surface area contributed by atoms with Crippen molar-refractivity contribution in [3.63, 3.8) is 0 Å². The third-order valence-electron chi connectivity index (χ3n) is 4.89. The van der Waals surface area contributed by atoms with E-state index in [4.69, 9.17) is 15.2 Å². The third kappa shape index (κ3) is 2.64. The maximum atomic E-state index is 6.35. The number of rotatable bonds is 2. The fourth-order valence-electron chi connectivity index (χ4n) is 3.75. The van der Waals surface area contributed by atoms with E-state index in [2.05, 4.69) is 6.92 Å². The number of nitrogens with two attached hydrogens (primary N) is 1. The molecule has 0 aromatic heterocycles. The molecule has 2 N–H and O–H groups in total. The van der Waals surface area contributed by atoms with Crippen LogP contribution in [0.25, 0.3) is 0 Å². The highest BCUT2D eigenvalue weighted by Gasteiger charge is 2.34. The summed E-state index contributed by atoms with van der Waals surface area (Å²) in [5, 5.41) is 0. The Bertz CT molecular complexity index is 474. The molecule has 2 aliphatic rings. The maximum absolute atomic E-state index is 6.35. The summed E-state index contributed by atoms with van der Waals surface area (Å²) in [7, 11) is 1.69. The Balaban J connectivity index is 1.80. The molecule has 3 nitrogen and oxygen atoms in total. The molecule has 0 bridgehead atoms. The minimum Gasteiger partial charge on any atom is -0.497 e. The molecule has 1 aliphatic carbocycles. The molecule has 110 valence electrons. The van der Waals surface area contributed by atoms with Gasteiger partial charge < -0.3 is 15.2 Å². The Labute approximate surface area is 121 Å². The van der Waals surface area contributed by atoms with Gasteiger partial charge in [0.2, 0.25) is 0 Å². The van der Waals surface area contributed by atoms with E-state index < -0.39 is 0 Å². The first-order valence-electron chi connectivity index (χ1n) is 7.77. The topological polar surface area (TPSA) is 44.5 Å². The molecular weight excluding hydrogens is 250 g/mol. The highest BCUT2D eigenvalue weighted by molar-refractivity contribution is 5.43. The van der Waals surface area contributed by atoms with E-state index in [1.807, 2.05) is 18.2 Å². The lowest BCUT2D eigenvalue weighted by molar-refractivity contribution is 0.0663. The van der Waals surface area contributed by atoms with Crippen LogP contribution in [0.3, 0.4) is 0 Å². The third-order valence-corrected chi connectivity index (χ3v) is 4.89. The zero-order valence-electron chi connectivity index (χ0n) is 12.5. The number of methoxy groups -OCH3 is 1. The van der Waals surface area contributed by atoms with Crippen molar-refractivity contribution < 1.29 is 9.47 Å². The Kier molecular flexibility index (Phi) is 3.88. The zero-order valence-corrected chi connectivity index (χ0v) is 12.5. The molecule has 3 heteroatoms. The lowest BCUT2D eigenvalue weighted by Crippen LogP contribution is -2.37. The molecule has 0 saturated heterocycles. The number of hydrogen-bond acceptors (Lipinski definition) is 3. The zero-order chi connectivity index (χ0) is 14.1. The normalized spacial score (nSPS) is 33.1. The van der Waals surface area contributed by atoms with Crippen molar-refractivity contribution in [2.45, 2.75) is 51.2 Å². The van der Waals surface area contributed by atoms with Gasteiger partial charge in [-0.25, -0.2) is 0 Å². The predicted octanol–water partition coefficient (Wildman–Crippen LogP) is 3.67. The molecular formula is C17H25NO2. The smallest absolute Gasteiger partial charge is 0.128 e. The summed E-state index contributed by atoms with van der Waals surface area (Å²) in [6, 6.07) is 6.07. The van der Waals surface area contributed by atoms with Crippen molar-refractivity contribution in [1.29, 1.82) is 0 Å². The summed E-state index contributed by atoms with van der Waals surface area (Å²) in [5.74, 6) is 3.24. The van der Waals surface area contributed by atoms with Crippen LogP contribution in [0.4, 0.5) is 0 Å². The Morgan fingerprint density at radius 1 is 1.25 bits per heavy atom. The average Bonchev–Trinajstić information content (AvgIpc) is 2.46. The first-order valence-corrected chi connectivity index (χ1v) is 7.77. The van der Waals surface area contributed by atoms with Gasteiger partial charge in [0, 0.05) is 24.1 Å². The minimum absolute atomic E-state index is 0.0897. The number of fused-ring (bicyclic) bond motifs is 1. The largest absolute Gasteiger partial charge is 0.497 e. The molecule has 1 fully saturated rings. The van der Waals surface area contributed by atoms with Crippen molar-refractivity contribution in [3.8, 4) is 11.5 Å². The van der Waals surface area contributed by atoms with Crippen LogP contribution in [0.2, 0.25) is 0 Å². The van der Waals surface area contributed by atoms with Gasteiger partial charge in [-0.15, -0.1) is 0 Å². The standard InChI is InChI=1S/C17H25NO2/c1-11-4-3-5-12(8-11)16-10-15(18)14-7-6-13(19-2)9-17(14)20-16/h6-7,9,11-12,15-16H,3-5,8,10,18H2,1-2H3/t11?,12?,15-,16?/m0/s1. The van der Waals surface area contributed by atoms with Crippen molar-refractivity contribution >= 4 is 0 Å². The van der Waals surface area contributed by atoms with E-state index in [1.54, 1.807) is 7.11 Å². The van der Waals surface area contributed by atoms with Gasteiger partial charge in [0.1, 0.15) is 17.6 Å². The second kappa shape index (κ2) is 5.65. The second-order valence-electron chi connectivity index (χ2n) is 6.43. The van der Waals surface area contributed by atoms with E-state index in [1.165, 1.54) is 25.7 Å². The second-order valence-corrected chi connectivity index (χ2v) is 6.43. The van der Waals surface area contributed by atoms with Gasteiger partial charge in [0.05, 0.1) is 7.11 Å². The van der Waals surface area contributed by atoms with E-state index >= 15 is 0 Å². The Morgan fingerprint density at radius 3 is 2.85 bits per heavy atom. The van der Waals surface area contributed by atoms with Crippen molar-refractivity contribution in [2.75, 3.05) is 7.11 Å².